The van der Waals surface area contributed by atoms with Crippen molar-refractivity contribution >= 4 is 32.7 Å². The molecule has 6 nitrogen and oxygen atoms in total. The molecule has 3 heterocycles. The fraction of sp³-hybridized carbons (Fsp3) is 0.250. The van der Waals surface area contributed by atoms with Crippen LogP contribution >= 0.6 is 15.9 Å². The average molecular weight is 371 g/mol. The second-order valence-electron chi connectivity index (χ2n) is 5.41. The van der Waals surface area contributed by atoms with E-state index in [4.69, 9.17) is 4.98 Å². The lowest BCUT2D eigenvalue weighted by molar-refractivity contribution is 0.719. The lowest BCUT2D eigenvalue weighted by Crippen LogP contribution is -2.03. The van der Waals surface area contributed by atoms with E-state index in [9.17, 15) is 0 Å². The van der Waals surface area contributed by atoms with Gasteiger partial charge in [0.25, 0.3) is 0 Å². The fourth-order valence-electron chi connectivity index (χ4n) is 2.58. The van der Waals surface area contributed by atoms with Crippen molar-refractivity contribution in [2.24, 2.45) is 0 Å². The Morgan fingerprint density at radius 2 is 2.00 bits per heavy atom. The van der Waals surface area contributed by atoms with Crippen LogP contribution in [0.25, 0.3) is 28.2 Å². The molecule has 0 saturated heterocycles. The number of hydrogen-bond donors (Lipinski definition) is 1. The Balaban J connectivity index is 1.93. The average Bonchev–Trinajstić information content (AvgIpc) is 3.19. The topological polar surface area (TPSA) is 71.8 Å². The van der Waals surface area contributed by atoms with Crippen molar-refractivity contribution in [1.29, 1.82) is 0 Å². The number of benzene rings is 1. The van der Waals surface area contributed by atoms with Crippen molar-refractivity contribution in [3.05, 3.63) is 40.9 Å². The van der Waals surface area contributed by atoms with Crippen LogP contribution in [-0.4, -0.2) is 29.5 Å². The minimum absolute atomic E-state index is 0.693. The molecule has 0 bridgehead atoms. The molecule has 1 aromatic carbocycles. The summed E-state index contributed by atoms with van der Waals surface area (Å²) in [6.07, 6.45) is 4.68. The van der Waals surface area contributed by atoms with E-state index in [0.29, 0.717) is 11.5 Å². The molecule has 0 aliphatic carbocycles. The van der Waals surface area contributed by atoms with Gasteiger partial charge in [-0.1, -0.05) is 41.4 Å². The molecule has 7 heteroatoms. The quantitative estimate of drug-likeness (QED) is 0.593. The Hall–Kier alpha value is -2.28. The SMILES string of the molecule is CCCCc1nc2nc[nH]c2c2nc(-c3ccc(Br)cc3)nn12. The summed E-state index contributed by atoms with van der Waals surface area (Å²) in [5.74, 6) is 1.59. The van der Waals surface area contributed by atoms with Crippen molar-refractivity contribution in [3.8, 4) is 11.4 Å². The maximum Gasteiger partial charge on any atom is 0.185 e. The largest absolute Gasteiger partial charge is 0.340 e. The van der Waals surface area contributed by atoms with Gasteiger partial charge in [-0.15, -0.1) is 5.10 Å². The second-order valence-corrected chi connectivity index (χ2v) is 6.33. The lowest BCUT2D eigenvalue weighted by atomic mass is 10.2. The number of aryl methyl sites for hydroxylation is 1. The van der Waals surface area contributed by atoms with E-state index in [0.717, 1.165) is 46.3 Å². The van der Waals surface area contributed by atoms with Crippen molar-refractivity contribution in [3.63, 3.8) is 0 Å². The maximum absolute atomic E-state index is 4.71. The van der Waals surface area contributed by atoms with Gasteiger partial charge in [-0.25, -0.2) is 15.0 Å². The van der Waals surface area contributed by atoms with Gasteiger partial charge < -0.3 is 4.98 Å². The van der Waals surface area contributed by atoms with Crippen molar-refractivity contribution in [2.75, 3.05) is 0 Å². The van der Waals surface area contributed by atoms with Crippen LogP contribution in [0.3, 0.4) is 0 Å². The van der Waals surface area contributed by atoms with Gasteiger partial charge in [-0.3, -0.25) is 0 Å². The first kappa shape index (κ1) is 14.3. The van der Waals surface area contributed by atoms with Gasteiger partial charge >= 0.3 is 0 Å². The van der Waals surface area contributed by atoms with Crippen LogP contribution in [0.4, 0.5) is 0 Å². The molecule has 3 aromatic heterocycles. The molecule has 23 heavy (non-hydrogen) atoms. The van der Waals surface area contributed by atoms with E-state index in [2.05, 4.69) is 42.9 Å². The molecule has 0 aliphatic heterocycles. The summed E-state index contributed by atoms with van der Waals surface area (Å²) in [5.41, 5.74) is 3.27. The number of rotatable bonds is 4. The summed E-state index contributed by atoms with van der Waals surface area (Å²) >= 11 is 3.45. The number of imidazole rings is 1. The number of H-pyrrole nitrogens is 1. The minimum atomic E-state index is 0.693. The van der Waals surface area contributed by atoms with E-state index >= 15 is 0 Å². The highest BCUT2D eigenvalue weighted by atomic mass is 79.9. The predicted octanol–water partition coefficient (Wildman–Crippen LogP) is 3.77. The highest BCUT2D eigenvalue weighted by molar-refractivity contribution is 9.10. The van der Waals surface area contributed by atoms with Crippen molar-refractivity contribution in [2.45, 2.75) is 26.2 Å². The molecule has 0 saturated carbocycles. The third-order valence-electron chi connectivity index (χ3n) is 3.79. The van der Waals surface area contributed by atoms with Crippen LogP contribution in [-0.2, 0) is 6.42 Å². The number of aromatic amines is 1. The number of nitrogens with zero attached hydrogens (tertiary/aromatic N) is 5. The first-order chi connectivity index (χ1) is 11.3. The standard InChI is InChI=1S/C16H15BrN6/c1-2-3-4-12-20-15-13(18-9-19-15)16-21-14(22-23(12)16)10-5-7-11(17)8-6-10/h5-9H,2-4H2,1H3,(H,18,19). The molecule has 0 aliphatic rings. The minimum Gasteiger partial charge on any atom is -0.340 e. The lowest BCUT2D eigenvalue weighted by Gasteiger charge is -2.02. The smallest absolute Gasteiger partial charge is 0.185 e. The third-order valence-corrected chi connectivity index (χ3v) is 4.31. The molecule has 0 unspecified atom stereocenters. The number of nitrogens with one attached hydrogen (secondary N) is 1. The van der Waals surface area contributed by atoms with Crippen LogP contribution in [0.2, 0.25) is 0 Å². The first-order valence-corrected chi connectivity index (χ1v) is 8.40. The Morgan fingerprint density at radius 1 is 1.17 bits per heavy atom. The summed E-state index contributed by atoms with van der Waals surface area (Å²) in [4.78, 5) is 16.7. The molecule has 0 spiro atoms. The molecule has 1 N–H and O–H groups in total. The van der Waals surface area contributed by atoms with Gasteiger partial charge in [0.1, 0.15) is 11.3 Å². The van der Waals surface area contributed by atoms with Crippen LogP contribution < -0.4 is 0 Å². The fourth-order valence-corrected chi connectivity index (χ4v) is 2.84. The zero-order valence-corrected chi connectivity index (χ0v) is 14.2. The number of fused-ring (bicyclic) bond motifs is 3. The van der Waals surface area contributed by atoms with Crippen molar-refractivity contribution in [1.82, 2.24) is 29.5 Å². The summed E-state index contributed by atoms with van der Waals surface area (Å²) in [6, 6.07) is 7.98. The predicted molar refractivity (Wildman–Crippen MR) is 92.2 cm³/mol. The molecule has 0 atom stereocenters. The van der Waals surface area contributed by atoms with Crippen molar-refractivity contribution < 1.29 is 0 Å². The summed E-state index contributed by atoms with van der Waals surface area (Å²) in [6.45, 7) is 2.17. The van der Waals surface area contributed by atoms with E-state index < -0.39 is 0 Å². The van der Waals surface area contributed by atoms with Crippen LogP contribution in [0, 0.1) is 0 Å². The van der Waals surface area contributed by atoms with Crippen LogP contribution in [0.5, 0.6) is 0 Å². The number of aromatic nitrogens is 6. The normalized spacial score (nSPS) is 11.6. The Kier molecular flexibility index (Phi) is 3.57. The molecule has 0 amide bonds. The van der Waals surface area contributed by atoms with E-state index in [1.165, 1.54) is 0 Å². The van der Waals surface area contributed by atoms with E-state index in [1.54, 1.807) is 6.33 Å². The van der Waals surface area contributed by atoms with Crippen LogP contribution in [0.1, 0.15) is 25.6 Å². The number of hydrogen-bond acceptors (Lipinski definition) is 4. The van der Waals surface area contributed by atoms with Gasteiger partial charge in [0.2, 0.25) is 0 Å². The molecule has 0 fully saturated rings. The third kappa shape index (κ3) is 2.50. The highest BCUT2D eigenvalue weighted by Crippen LogP contribution is 2.22. The number of halogens is 1. The monoisotopic (exact) mass is 370 g/mol. The maximum atomic E-state index is 4.71. The molecular formula is C16H15BrN6. The molecule has 116 valence electrons. The van der Waals surface area contributed by atoms with E-state index in [-0.39, 0.29) is 0 Å². The van der Waals surface area contributed by atoms with E-state index in [1.807, 2.05) is 28.8 Å². The van der Waals surface area contributed by atoms with Crippen LogP contribution in [0.15, 0.2) is 35.1 Å². The summed E-state index contributed by atoms with van der Waals surface area (Å²) in [7, 11) is 0. The highest BCUT2D eigenvalue weighted by Gasteiger charge is 2.15. The van der Waals surface area contributed by atoms with Gasteiger partial charge in [0, 0.05) is 16.5 Å². The zero-order chi connectivity index (χ0) is 15.8. The van der Waals surface area contributed by atoms with Gasteiger partial charge in [-0.05, 0) is 18.6 Å². The van der Waals surface area contributed by atoms with Gasteiger partial charge in [0.05, 0.1) is 6.33 Å². The Labute approximate surface area is 141 Å². The molecule has 0 radical (unpaired) electrons. The Bertz CT molecular complexity index is 969. The molecule has 4 aromatic rings. The summed E-state index contributed by atoms with van der Waals surface area (Å²) in [5, 5.41) is 4.68. The molecule has 4 rings (SSSR count). The Morgan fingerprint density at radius 3 is 2.78 bits per heavy atom. The first-order valence-electron chi connectivity index (χ1n) is 7.61. The molecular weight excluding hydrogens is 356 g/mol. The number of unbranched alkanes of at least 4 members (excludes halogenated alkanes) is 1. The van der Waals surface area contributed by atoms with Gasteiger partial charge in [0.15, 0.2) is 17.1 Å². The summed E-state index contributed by atoms with van der Waals surface area (Å²) < 4.78 is 2.87. The van der Waals surface area contributed by atoms with Gasteiger partial charge in [-0.2, -0.15) is 4.52 Å². The second kappa shape index (κ2) is 5.73. The zero-order valence-electron chi connectivity index (χ0n) is 12.6.